The molecule has 6 heteroatoms. The molecule has 0 saturated carbocycles. The van der Waals surface area contributed by atoms with Crippen molar-refractivity contribution in [1.82, 2.24) is 4.98 Å². The highest BCUT2D eigenvalue weighted by atomic mass is 16.5. The molecule has 0 spiro atoms. The number of benzene rings is 1. The highest BCUT2D eigenvalue weighted by Gasteiger charge is 2.22. The molecule has 1 amide bonds. The molecular weight excluding hydrogens is 306 g/mol. The summed E-state index contributed by atoms with van der Waals surface area (Å²) in [5, 5.41) is 3.16. The number of ether oxygens (including phenoxy) is 2. The van der Waals surface area contributed by atoms with Crippen LogP contribution in [0.1, 0.15) is 35.3 Å². The van der Waals surface area contributed by atoms with E-state index in [0.717, 1.165) is 29.0 Å². The van der Waals surface area contributed by atoms with E-state index < -0.39 is 5.91 Å². The first-order chi connectivity index (χ1) is 11.6. The van der Waals surface area contributed by atoms with Gasteiger partial charge in [0.2, 0.25) is 0 Å². The molecule has 0 bridgehead atoms. The number of hydrogen-bond acceptors (Lipinski definition) is 5. The fourth-order valence-electron chi connectivity index (χ4n) is 2.83. The lowest BCUT2D eigenvalue weighted by atomic mass is 10.1. The van der Waals surface area contributed by atoms with E-state index in [4.69, 9.17) is 15.2 Å². The summed E-state index contributed by atoms with van der Waals surface area (Å²) < 4.78 is 11.6. The van der Waals surface area contributed by atoms with Gasteiger partial charge in [0.25, 0.3) is 5.91 Å². The van der Waals surface area contributed by atoms with Crippen LogP contribution in [0.4, 0.5) is 5.82 Å². The van der Waals surface area contributed by atoms with Crippen LogP contribution in [0.15, 0.2) is 30.5 Å². The third-order valence-electron chi connectivity index (χ3n) is 3.90. The van der Waals surface area contributed by atoms with Crippen LogP contribution in [0.5, 0.6) is 11.5 Å². The van der Waals surface area contributed by atoms with Gasteiger partial charge in [-0.3, -0.25) is 4.79 Å². The Morgan fingerprint density at radius 2 is 2.33 bits per heavy atom. The third-order valence-corrected chi connectivity index (χ3v) is 3.90. The number of carbonyl (C=O) groups excluding carboxylic acids is 1. The van der Waals surface area contributed by atoms with Crippen molar-refractivity contribution in [3.05, 3.63) is 47.2 Å². The zero-order valence-corrected chi connectivity index (χ0v) is 13.8. The number of rotatable bonds is 6. The van der Waals surface area contributed by atoms with Crippen molar-refractivity contribution in [3.63, 3.8) is 0 Å². The Morgan fingerprint density at radius 3 is 3.08 bits per heavy atom. The molecule has 126 valence electrons. The Bertz CT molecular complexity index is 761. The molecule has 0 saturated heterocycles. The second-order valence-corrected chi connectivity index (χ2v) is 5.75. The molecule has 3 N–H and O–H groups in total. The standard InChI is InChI=1S/C18H21N3O3/c1-3-23-15-8-12-7-11(2)24-16(12)9-13(15)10-21-18-14(17(19)22)5-4-6-20-18/h4-6,8-9,11H,3,7,10H2,1-2H3,(H2,19,22)(H,20,21). The van der Waals surface area contributed by atoms with E-state index in [0.29, 0.717) is 24.5 Å². The number of carbonyl (C=O) groups is 1. The first kappa shape index (κ1) is 16.1. The quantitative estimate of drug-likeness (QED) is 0.851. The molecule has 1 aromatic carbocycles. The average Bonchev–Trinajstić information content (AvgIpc) is 2.92. The van der Waals surface area contributed by atoms with Gasteiger partial charge in [-0.05, 0) is 38.1 Å². The van der Waals surface area contributed by atoms with Crippen molar-refractivity contribution in [1.29, 1.82) is 0 Å². The smallest absolute Gasteiger partial charge is 0.252 e. The van der Waals surface area contributed by atoms with E-state index >= 15 is 0 Å². The number of nitrogens with two attached hydrogens (primary N) is 1. The number of anilines is 1. The molecule has 3 rings (SSSR count). The monoisotopic (exact) mass is 327 g/mol. The van der Waals surface area contributed by atoms with Gasteiger partial charge in [-0.15, -0.1) is 0 Å². The van der Waals surface area contributed by atoms with Gasteiger partial charge in [0, 0.05) is 30.3 Å². The van der Waals surface area contributed by atoms with E-state index in [-0.39, 0.29) is 6.10 Å². The van der Waals surface area contributed by atoms with E-state index in [1.165, 1.54) is 0 Å². The van der Waals surface area contributed by atoms with Crippen LogP contribution in [-0.4, -0.2) is 23.6 Å². The fourth-order valence-corrected chi connectivity index (χ4v) is 2.83. The van der Waals surface area contributed by atoms with E-state index in [2.05, 4.69) is 10.3 Å². The molecule has 2 heterocycles. The zero-order valence-electron chi connectivity index (χ0n) is 13.8. The Hall–Kier alpha value is -2.76. The van der Waals surface area contributed by atoms with Crippen LogP contribution >= 0.6 is 0 Å². The summed E-state index contributed by atoms with van der Waals surface area (Å²) in [4.78, 5) is 15.7. The Morgan fingerprint density at radius 1 is 1.50 bits per heavy atom. The molecule has 2 aromatic rings. The number of primary amides is 1. The number of fused-ring (bicyclic) bond motifs is 1. The van der Waals surface area contributed by atoms with Crippen LogP contribution in [0.2, 0.25) is 0 Å². The van der Waals surface area contributed by atoms with Crippen LogP contribution in [0.3, 0.4) is 0 Å². The molecular formula is C18H21N3O3. The summed E-state index contributed by atoms with van der Waals surface area (Å²) in [7, 11) is 0. The Labute approximate surface area is 141 Å². The first-order valence-corrected chi connectivity index (χ1v) is 8.02. The lowest BCUT2D eigenvalue weighted by molar-refractivity contribution is 0.100. The van der Waals surface area contributed by atoms with Gasteiger partial charge in [0.1, 0.15) is 23.4 Å². The van der Waals surface area contributed by atoms with Gasteiger partial charge in [0.05, 0.1) is 12.2 Å². The van der Waals surface area contributed by atoms with Crippen LogP contribution in [0, 0.1) is 0 Å². The fraction of sp³-hybridized carbons (Fsp3) is 0.333. The summed E-state index contributed by atoms with van der Waals surface area (Å²) >= 11 is 0. The lowest BCUT2D eigenvalue weighted by Gasteiger charge is -2.14. The summed E-state index contributed by atoms with van der Waals surface area (Å²) in [6.07, 6.45) is 2.68. The first-order valence-electron chi connectivity index (χ1n) is 8.02. The van der Waals surface area contributed by atoms with Crippen molar-refractivity contribution in [2.24, 2.45) is 5.73 Å². The summed E-state index contributed by atoms with van der Waals surface area (Å²) in [5.74, 6) is 1.65. The molecule has 24 heavy (non-hydrogen) atoms. The minimum absolute atomic E-state index is 0.176. The molecule has 1 aromatic heterocycles. The van der Waals surface area contributed by atoms with Gasteiger partial charge in [-0.25, -0.2) is 4.98 Å². The number of pyridine rings is 1. The molecule has 0 radical (unpaired) electrons. The molecule has 1 atom stereocenters. The second-order valence-electron chi connectivity index (χ2n) is 5.75. The molecule has 1 aliphatic heterocycles. The van der Waals surface area contributed by atoms with E-state index in [1.807, 2.05) is 26.0 Å². The largest absolute Gasteiger partial charge is 0.494 e. The number of aromatic nitrogens is 1. The summed E-state index contributed by atoms with van der Waals surface area (Å²) in [5.41, 5.74) is 7.86. The maximum atomic E-state index is 11.5. The van der Waals surface area contributed by atoms with E-state index in [9.17, 15) is 4.79 Å². The van der Waals surface area contributed by atoms with E-state index in [1.54, 1.807) is 18.3 Å². The minimum atomic E-state index is -0.512. The number of hydrogen-bond donors (Lipinski definition) is 2. The summed E-state index contributed by atoms with van der Waals surface area (Å²) in [6, 6.07) is 7.35. The Kier molecular flexibility index (Phi) is 4.55. The highest BCUT2D eigenvalue weighted by Crippen LogP contribution is 2.35. The van der Waals surface area contributed by atoms with Crippen molar-refractivity contribution in [2.45, 2.75) is 32.9 Å². The molecule has 0 aliphatic carbocycles. The number of nitrogens with zero attached hydrogens (tertiary/aromatic N) is 1. The maximum absolute atomic E-state index is 11.5. The number of nitrogens with one attached hydrogen (secondary N) is 1. The van der Waals surface area contributed by atoms with Gasteiger partial charge in [0.15, 0.2) is 0 Å². The van der Waals surface area contributed by atoms with Gasteiger partial charge in [-0.1, -0.05) is 0 Å². The lowest BCUT2D eigenvalue weighted by Crippen LogP contribution is -2.15. The predicted molar refractivity (Wildman–Crippen MR) is 91.5 cm³/mol. The topological polar surface area (TPSA) is 86.5 Å². The SMILES string of the molecule is CCOc1cc2c(cc1CNc1ncccc1C(N)=O)OC(C)C2. The van der Waals surface area contributed by atoms with Crippen LogP contribution in [0.25, 0.3) is 0 Å². The van der Waals surface area contributed by atoms with Crippen molar-refractivity contribution in [2.75, 3.05) is 11.9 Å². The molecule has 6 nitrogen and oxygen atoms in total. The Balaban J connectivity index is 1.85. The normalized spacial score (nSPS) is 15.5. The zero-order chi connectivity index (χ0) is 17.1. The molecule has 0 fully saturated rings. The maximum Gasteiger partial charge on any atom is 0.252 e. The number of amides is 1. The molecule has 1 unspecified atom stereocenters. The average molecular weight is 327 g/mol. The highest BCUT2D eigenvalue weighted by molar-refractivity contribution is 5.97. The van der Waals surface area contributed by atoms with Crippen molar-refractivity contribution < 1.29 is 14.3 Å². The third kappa shape index (κ3) is 3.27. The minimum Gasteiger partial charge on any atom is -0.494 e. The van der Waals surface area contributed by atoms with Gasteiger partial charge >= 0.3 is 0 Å². The predicted octanol–water partition coefficient (Wildman–Crippen LogP) is 2.51. The van der Waals surface area contributed by atoms with Gasteiger partial charge < -0.3 is 20.5 Å². The van der Waals surface area contributed by atoms with Crippen molar-refractivity contribution >= 4 is 11.7 Å². The van der Waals surface area contributed by atoms with Crippen molar-refractivity contribution in [3.8, 4) is 11.5 Å². The summed E-state index contributed by atoms with van der Waals surface area (Å²) in [6.45, 7) is 5.04. The van der Waals surface area contributed by atoms with Crippen LogP contribution in [-0.2, 0) is 13.0 Å². The molecule has 1 aliphatic rings. The second kappa shape index (κ2) is 6.78. The van der Waals surface area contributed by atoms with Crippen LogP contribution < -0.4 is 20.5 Å². The van der Waals surface area contributed by atoms with Gasteiger partial charge in [-0.2, -0.15) is 0 Å².